The van der Waals surface area contributed by atoms with E-state index in [4.69, 9.17) is 0 Å². The zero-order chi connectivity index (χ0) is 17.2. The Hall–Kier alpha value is -2.76. The number of benzene rings is 1. The normalized spacial score (nSPS) is 15.4. The molecule has 1 aliphatic rings. The first-order valence-electron chi connectivity index (χ1n) is 8.55. The number of hydrogen-bond donors (Lipinski definition) is 0. The molecule has 0 N–H and O–H groups in total. The minimum atomic E-state index is -0.253. The Bertz CT molecular complexity index is 881. The number of pyridine rings is 1. The summed E-state index contributed by atoms with van der Waals surface area (Å²) in [6.07, 6.45) is 1.01. The monoisotopic (exact) mass is 337 g/mol. The fourth-order valence-electron chi connectivity index (χ4n) is 3.19. The highest BCUT2D eigenvalue weighted by Gasteiger charge is 2.17. The van der Waals surface area contributed by atoms with Crippen LogP contribution in [-0.4, -0.2) is 41.4 Å². The smallest absolute Gasteiger partial charge is 0.151 e. The Morgan fingerprint density at radius 3 is 2.32 bits per heavy atom. The molecule has 1 aliphatic heterocycles. The minimum absolute atomic E-state index is 0.253. The SMILES string of the molecule is Cc1ccc(N2CCCN(c3ccc4ccc(F)cc4n3)CC2)nn1. The third-order valence-electron chi connectivity index (χ3n) is 4.57. The number of aryl methyl sites for hydroxylation is 1. The van der Waals surface area contributed by atoms with Gasteiger partial charge in [-0.15, -0.1) is 5.10 Å². The lowest BCUT2D eigenvalue weighted by atomic mass is 10.2. The summed E-state index contributed by atoms with van der Waals surface area (Å²) in [4.78, 5) is 9.16. The van der Waals surface area contributed by atoms with E-state index in [1.165, 1.54) is 12.1 Å². The van der Waals surface area contributed by atoms with E-state index in [9.17, 15) is 4.39 Å². The van der Waals surface area contributed by atoms with E-state index in [1.807, 2.05) is 31.2 Å². The van der Waals surface area contributed by atoms with E-state index < -0.39 is 0 Å². The Morgan fingerprint density at radius 2 is 1.56 bits per heavy atom. The average Bonchev–Trinajstić information content (AvgIpc) is 2.88. The molecule has 0 radical (unpaired) electrons. The first-order valence-corrected chi connectivity index (χ1v) is 8.55. The topological polar surface area (TPSA) is 45.2 Å². The quantitative estimate of drug-likeness (QED) is 0.719. The van der Waals surface area contributed by atoms with Gasteiger partial charge in [-0.1, -0.05) is 0 Å². The Kier molecular flexibility index (Phi) is 4.17. The Labute approximate surface area is 146 Å². The van der Waals surface area contributed by atoms with Crippen molar-refractivity contribution in [3.63, 3.8) is 0 Å². The number of aromatic nitrogens is 3. The summed E-state index contributed by atoms with van der Waals surface area (Å²) in [6, 6.07) is 12.8. The van der Waals surface area contributed by atoms with Crippen LogP contribution >= 0.6 is 0 Å². The van der Waals surface area contributed by atoms with Crippen molar-refractivity contribution in [2.45, 2.75) is 13.3 Å². The largest absolute Gasteiger partial charge is 0.355 e. The number of anilines is 2. The molecule has 0 aliphatic carbocycles. The summed E-state index contributed by atoms with van der Waals surface area (Å²) in [7, 11) is 0. The van der Waals surface area contributed by atoms with Gasteiger partial charge in [-0.2, -0.15) is 5.10 Å². The van der Waals surface area contributed by atoms with Gasteiger partial charge in [0.05, 0.1) is 11.2 Å². The summed E-state index contributed by atoms with van der Waals surface area (Å²) in [6.45, 7) is 5.51. The molecular formula is C19H20FN5. The zero-order valence-corrected chi connectivity index (χ0v) is 14.2. The average molecular weight is 337 g/mol. The van der Waals surface area contributed by atoms with Gasteiger partial charge in [-0.25, -0.2) is 9.37 Å². The lowest BCUT2D eigenvalue weighted by molar-refractivity contribution is 0.629. The van der Waals surface area contributed by atoms with Crippen LogP contribution < -0.4 is 9.80 Å². The van der Waals surface area contributed by atoms with E-state index in [0.717, 1.165) is 55.3 Å². The van der Waals surface area contributed by atoms with E-state index in [2.05, 4.69) is 25.0 Å². The lowest BCUT2D eigenvalue weighted by Crippen LogP contribution is -2.31. The maximum Gasteiger partial charge on any atom is 0.151 e. The molecule has 6 heteroatoms. The number of hydrogen-bond acceptors (Lipinski definition) is 5. The van der Waals surface area contributed by atoms with Crippen molar-refractivity contribution in [3.8, 4) is 0 Å². The molecule has 0 amide bonds. The molecule has 0 spiro atoms. The first kappa shape index (κ1) is 15.7. The van der Waals surface area contributed by atoms with Crippen LogP contribution in [-0.2, 0) is 0 Å². The van der Waals surface area contributed by atoms with Crippen molar-refractivity contribution in [1.82, 2.24) is 15.2 Å². The number of halogens is 1. The van der Waals surface area contributed by atoms with Crippen molar-refractivity contribution in [1.29, 1.82) is 0 Å². The van der Waals surface area contributed by atoms with Crippen molar-refractivity contribution in [3.05, 3.63) is 54.0 Å². The second-order valence-electron chi connectivity index (χ2n) is 6.37. The number of rotatable bonds is 2. The summed E-state index contributed by atoms with van der Waals surface area (Å²) in [5, 5.41) is 9.40. The van der Waals surface area contributed by atoms with Crippen molar-refractivity contribution < 1.29 is 4.39 Å². The summed E-state index contributed by atoms with van der Waals surface area (Å²) in [5.41, 5.74) is 1.62. The van der Waals surface area contributed by atoms with Gasteiger partial charge in [0, 0.05) is 37.6 Å². The zero-order valence-electron chi connectivity index (χ0n) is 14.2. The maximum absolute atomic E-state index is 13.5. The van der Waals surface area contributed by atoms with Crippen LogP contribution in [0.15, 0.2) is 42.5 Å². The molecule has 0 bridgehead atoms. The fourth-order valence-corrected chi connectivity index (χ4v) is 3.19. The van der Waals surface area contributed by atoms with Gasteiger partial charge in [0.2, 0.25) is 0 Å². The molecule has 1 saturated heterocycles. The molecule has 1 aromatic carbocycles. The molecule has 3 aromatic rings. The van der Waals surface area contributed by atoms with E-state index in [0.29, 0.717) is 5.52 Å². The number of nitrogens with zero attached hydrogens (tertiary/aromatic N) is 5. The minimum Gasteiger partial charge on any atom is -0.355 e. The van der Waals surface area contributed by atoms with E-state index >= 15 is 0 Å². The molecule has 3 heterocycles. The van der Waals surface area contributed by atoms with E-state index in [1.54, 1.807) is 6.07 Å². The molecule has 5 nitrogen and oxygen atoms in total. The van der Waals surface area contributed by atoms with Gasteiger partial charge < -0.3 is 9.80 Å². The van der Waals surface area contributed by atoms with E-state index in [-0.39, 0.29) is 5.82 Å². The van der Waals surface area contributed by atoms with Crippen molar-refractivity contribution in [2.24, 2.45) is 0 Å². The van der Waals surface area contributed by atoms with Gasteiger partial charge in [-0.3, -0.25) is 0 Å². The lowest BCUT2D eigenvalue weighted by Gasteiger charge is -2.23. The highest BCUT2D eigenvalue weighted by atomic mass is 19.1. The van der Waals surface area contributed by atoms with Gasteiger partial charge in [0.1, 0.15) is 11.6 Å². The molecule has 4 rings (SSSR count). The van der Waals surface area contributed by atoms with Crippen LogP contribution in [0.5, 0.6) is 0 Å². The summed E-state index contributed by atoms with van der Waals surface area (Å²) < 4.78 is 13.5. The highest BCUT2D eigenvalue weighted by Crippen LogP contribution is 2.21. The molecule has 25 heavy (non-hydrogen) atoms. The Morgan fingerprint density at radius 1 is 0.840 bits per heavy atom. The third-order valence-corrected chi connectivity index (χ3v) is 4.57. The predicted octanol–water partition coefficient (Wildman–Crippen LogP) is 3.19. The first-order chi connectivity index (χ1) is 12.2. The van der Waals surface area contributed by atoms with Crippen LogP contribution in [0.3, 0.4) is 0 Å². The van der Waals surface area contributed by atoms with Gasteiger partial charge in [-0.05, 0) is 49.7 Å². The molecule has 0 saturated carbocycles. The van der Waals surface area contributed by atoms with Crippen LogP contribution in [0.2, 0.25) is 0 Å². The molecule has 0 atom stereocenters. The van der Waals surface area contributed by atoms with Gasteiger partial charge in [0.25, 0.3) is 0 Å². The van der Waals surface area contributed by atoms with Crippen LogP contribution in [0.4, 0.5) is 16.0 Å². The highest BCUT2D eigenvalue weighted by molar-refractivity contribution is 5.80. The summed E-state index contributed by atoms with van der Waals surface area (Å²) in [5.74, 6) is 1.56. The predicted molar refractivity (Wildman–Crippen MR) is 97.5 cm³/mol. The number of fused-ring (bicyclic) bond motifs is 1. The second-order valence-corrected chi connectivity index (χ2v) is 6.37. The Balaban J connectivity index is 1.53. The van der Waals surface area contributed by atoms with Crippen LogP contribution in [0, 0.1) is 12.7 Å². The van der Waals surface area contributed by atoms with Gasteiger partial charge >= 0.3 is 0 Å². The van der Waals surface area contributed by atoms with Gasteiger partial charge in [0.15, 0.2) is 5.82 Å². The van der Waals surface area contributed by atoms with Crippen LogP contribution in [0.25, 0.3) is 10.9 Å². The van der Waals surface area contributed by atoms with Crippen molar-refractivity contribution >= 4 is 22.5 Å². The third kappa shape index (κ3) is 3.38. The molecule has 2 aromatic heterocycles. The maximum atomic E-state index is 13.5. The molecule has 0 unspecified atom stereocenters. The second kappa shape index (κ2) is 6.63. The molecule has 1 fully saturated rings. The molecule has 128 valence electrons. The fraction of sp³-hybridized carbons (Fsp3) is 0.316. The standard InChI is InChI=1S/C19H20FN5/c1-14-3-7-19(23-22-14)25-10-2-9-24(11-12-25)18-8-5-15-4-6-16(20)13-17(15)21-18/h3-8,13H,2,9-12H2,1H3. The summed E-state index contributed by atoms with van der Waals surface area (Å²) >= 11 is 0. The van der Waals surface area contributed by atoms with Crippen LogP contribution in [0.1, 0.15) is 12.1 Å². The molecular weight excluding hydrogens is 317 g/mol. The van der Waals surface area contributed by atoms with Crippen molar-refractivity contribution in [2.75, 3.05) is 36.0 Å².